The first-order chi connectivity index (χ1) is 28.2. The second-order valence-electron chi connectivity index (χ2n) is 29.8. The maximum absolute atomic E-state index is 5.65. The molecule has 3 rings (SSSR count). The van der Waals surface area contributed by atoms with E-state index in [1.54, 1.807) is 27.1 Å². The fraction of sp³-hybridized carbons (Fsp3) is 0.655. The Morgan fingerprint density at radius 1 is 0.453 bits per heavy atom. The largest absolute Gasteiger partial charge is 0.342 e. The Balaban J connectivity index is 2.89. The predicted molar refractivity (Wildman–Crippen MR) is 316 cm³/mol. The molecular weight excluding hydrogens is 882 g/mol. The minimum atomic E-state index is -1.77. The molecule has 3 aromatic carbocycles. The Labute approximate surface area is 407 Å². The highest BCUT2D eigenvalue weighted by molar-refractivity contribution is 7.28. The molecule has 0 saturated heterocycles. The van der Waals surface area contributed by atoms with E-state index in [2.05, 4.69) is 250 Å². The average Bonchev–Trinajstić information content (AvgIpc) is 2.98. The summed E-state index contributed by atoms with van der Waals surface area (Å²) in [5.41, 5.74) is 14.5. The molecule has 0 N–H and O–H groups in total. The first kappa shape index (κ1) is 57.1. The first-order valence-electron chi connectivity index (χ1n) is 24.8. The van der Waals surface area contributed by atoms with Gasteiger partial charge >= 0.3 is 5.69 Å². The minimum absolute atomic E-state index is 0.0320. The average molecular weight is 982 g/mol. The SMILES string of the molecule is Cc1cc(C)c([Si]([B-]C#[N+]c2c(C(C)(C)C)cc(C(C)(C)C)cc2C(C)(C)C)c2c(C([Si](C)(C)C)[Si](C)(C)C)cc(C([Si](C)(C)C)[Si](C)(C)C)cc2C([Si](C)(C)C)[Si](C)(C)C)c(C)c1. The fourth-order valence-electron chi connectivity index (χ4n) is 12.8. The fourth-order valence-corrected chi connectivity index (χ4v) is 54.3. The second kappa shape index (κ2) is 18.9. The molecule has 0 spiro atoms. The van der Waals surface area contributed by atoms with Crippen LogP contribution in [0.25, 0.3) is 4.85 Å². The highest BCUT2D eigenvalue weighted by atomic mass is 28.4. The summed E-state index contributed by atoms with van der Waals surface area (Å²) >= 11 is 0. The van der Waals surface area contributed by atoms with E-state index in [9.17, 15) is 0 Å². The first-order valence-corrected chi connectivity index (χ1v) is 47.9. The number of hydrogen-bond donors (Lipinski definition) is 0. The molecular formula is C55H99BNSi7. The maximum Gasteiger partial charge on any atom is 0.342 e. The highest BCUT2D eigenvalue weighted by Gasteiger charge is 2.47. The van der Waals surface area contributed by atoms with Crippen LogP contribution in [0.3, 0.4) is 0 Å². The van der Waals surface area contributed by atoms with E-state index in [4.69, 9.17) is 4.85 Å². The monoisotopic (exact) mass is 981 g/mol. The zero-order valence-electron chi connectivity index (χ0n) is 47.7. The van der Waals surface area contributed by atoms with Crippen LogP contribution in [0.4, 0.5) is 5.69 Å². The van der Waals surface area contributed by atoms with E-state index in [1.807, 2.05) is 0 Å². The molecule has 64 heavy (non-hydrogen) atoms. The van der Waals surface area contributed by atoms with Gasteiger partial charge in [0.15, 0.2) is 0 Å². The summed E-state index contributed by atoms with van der Waals surface area (Å²) in [6.07, 6.45) is 0. The Morgan fingerprint density at radius 3 is 1.06 bits per heavy atom. The predicted octanol–water partition coefficient (Wildman–Crippen LogP) is 16.5. The molecule has 0 atom stereocenters. The lowest BCUT2D eigenvalue weighted by atomic mass is 9.74. The van der Waals surface area contributed by atoms with Crippen molar-refractivity contribution in [3.63, 3.8) is 0 Å². The van der Waals surface area contributed by atoms with Crippen LogP contribution in [-0.2, 0) is 16.2 Å². The molecule has 1 nitrogen and oxygen atoms in total. The third-order valence-electron chi connectivity index (χ3n) is 13.6. The van der Waals surface area contributed by atoms with Gasteiger partial charge in [0.25, 0.3) is 0 Å². The normalized spacial score (nSPS) is 14.3. The molecule has 0 saturated carbocycles. The zero-order valence-corrected chi connectivity index (χ0v) is 54.7. The van der Waals surface area contributed by atoms with Gasteiger partial charge < -0.3 is 0 Å². The van der Waals surface area contributed by atoms with Crippen molar-refractivity contribution in [3.8, 4) is 5.97 Å². The third kappa shape index (κ3) is 13.5. The molecule has 0 fully saturated rings. The van der Waals surface area contributed by atoms with Crippen molar-refractivity contribution >= 4 is 80.0 Å². The molecule has 355 valence electrons. The number of benzene rings is 3. The smallest absolute Gasteiger partial charge is 0.117 e. The molecule has 9 heteroatoms. The van der Waals surface area contributed by atoms with E-state index < -0.39 is 57.1 Å². The Hall–Kier alpha value is -1.27. The van der Waals surface area contributed by atoms with Crippen molar-refractivity contribution in [2.24, 2.45) is 0 Å². The Kier molecular flexibility index (Phi) is 16.9. The number of aryl methyl sites for hydroxylation is 3. The molecule has 0 bridgehead atoms. The van der Waals surface area contributed by atoms with Gasteiger partial charge in [0.05, 0.1) is 0 Å². The summed E-state index contributed by atoms with van der Waals surface area (Å²) in [5.74, 6) is 3.93. The van der Waals surface area contributed by atoms with Gasteiger partial charge in [0.2, 0.25) is 0 Å². The van der Waals surface area contributed by atoms with Crippen LogP contribution in [0.5, 0.6) is 0 Å². The van der Waals surface area contributed by atoms with Crippen LogP contribution in [-0.4, -0.2) is 64.0 Å². The molecule has 3 aromatic rings. The van der Waals surface area contributed by atoms with E-state index in [1.165, 1.54) is 33.4 Å². The molecule has 3 radical (unpaired) electrons. The molecule has 0 aromatic heterocycles. The van der Waals surface area contributed by atoms with Crippen LogP contribution in [0.2, 0.25) is 118 Å². The van der Waals surface area contributed by atoms with Gasteiger partial charge in [0.1, 0.15) is 0 Å². The van der Waals surface area contributed by atoms with E-state index in [-0.39, 0.29) is 16.2 Å². The highest BCUT2D eigenvalue weighted by Crippen LogP contribution is 2.46. The Bertz CT molecular complexity index is 2060. The lowest BCUT2D eigenvalue weighted by Gasteiger charge is -2.48. The van der Waals surface area contributed by atoms with Crippen LogP contribution < -0.4 is 10.4 Å². The van der Waals surface area contributed by atoms with Gasteiger partial charge in [0, 0.05) is 59.6 Å². The third-order valence-corrected chi connectivity index (χ3v) is 44.3. The van der Waals surface area contributed by atoms with Crippen molar-refractivity contribution < 1.29 is 0 Å². The van der Waals surface area contributed by atoms with Gasteiger partial charge in [-0.25, -0.2) is 0 Å². The van der Waals surface area contributed by atoms with Gasteiger partial charge in [-0.15, -0.1) is 6.87 Å². The summed E-state index contributed by atoms with van der Waals surface area (Å²) in [7, 11) is -11.9. The van der Waals surface area contributed by atoms with Gasteiger partial charge in [-0.3, -0.25) is 0 Å². The Morgan fingerprint density at radius 2 is 0.781 bits per heavy atom. The van der Waals surface area contributed by atoms with E-state index in [0.717, 1.165) is 5.69 Å². The lowest BCUT2D eigenvalue weighted by Crippen LogP contribution is -2.59. The topological polar surface area (TPSA) is 4.36 Å². The number of hydrogen-bond acceptors (Lipinski definition) is 0. The number of rotatable bonds is 12. The second-order valence-corrected chi connectivity index (χ2v) is 65.5. The van der Waals surface area contributed by atoms with Crippen LogP contribution >= 0.6 is 0 Å². The zero-order chi connectivity index (χ0) is 50.1. The molecule has 0 amide bonds. The van der Waals surface area contributed by atoms with Crippen LogP contribution in [0, 0.1) is 26.7 Å². The van der Waals surface area contributed by atoms with Crippen LogP contribution in [0.1, 0.15) is 128 Å². The standard InChI is InChI=1S/C55H99BNSi7/c1-38-31-39(2)48(40(3)32-38)58(56-37-57-47-45(54(7,8)9)35-42(53(4,5)6)36-46(47)55(10,11)12)49-43(51(61(19,20)21)62(22,23)24)33-41(50(59(13,14)15)60(16,17)18)34-44(49)52(63(25,26)27)64(28,29)30/h31-36,50-52H,1-30H3. The van der Waals surface area contributed by atoms with Crippen molar-refractivity contribution in [1.29, 1.82) is 0 Å². The van der Waals surface area contributed by atoms with Crippen molar-refractivity contribution in [3.05, 3.63) is 91.3 Å². The molecule has 0 unspecified atom stereocenters. The molecule has 0 aliphatic rings. The van der Waals surface area contributed by atoms with Crippen molar-refractivity contribution in [2.45, 2.75) is 233 Å². The minimum Gasteiger partial charge on any atom is -0.117 e. The lowest BCUT2D eigenvalue weighted by molar-refractivity contribution is 0.552. The quantitative estimate of drug-likeness (QED) is 0.159. The summed E-state index contributed by atoms with van der Waals surface area (Å²) in [5, 5.41) is 5.20. The van der Waals surface area contributed by atoms with Gasteiger partial charge in [-0.1, -0.05) is 256 Å². The van der Waals surface area contributed by atoms with Gasteiger partial charge in [-0.05, 0) is 81.7 Å². The molecule has 0 aliphatic heterocycles. The summed E-state index contributed by atoms with van der Waals surface area (Å²) in [6, 6.07) is 15.7. The van der Waals surface area contributed by atoms with E-state index in [0.29, 0.717) is 15.5 Å². The summed E-state index contributed by atoms with van der Waals surface area (Å²) < 4.78 is 0. The van der Waals surface area contributed by atoms with Crippen molar-refractivity contribution in [2.75, 3.05) is 0 Å². The molecule has 0 heterocycles. The molecule has 0 aliphatic carbocycles. The van der Waals surface area contributed by atoms with Crippen LogP contribution in [0.15, 0.2) is 36.4 Å². The summed E-state index contributed by atoms with van der Waals surface area (Å²) in [4.78, 5) is 5.65. The van der Waals surface area contributed by atoms with Gasteiger partial charge in [-0.2, -0.15) is 0 Å². The van der Waals surface area contributed by atoms with Crippen molar-refractivity contribution in [1.82, 2.24) is 0 Å². The van der Waals surface area contributed by atoms with E-state index >= 15 is 0 Å². The number of nitrogens with zero attached hydrogens (tertiary/aromatic N) is 1. The maximum atomic E-state index is 5.65. The summed E-state index contributed by atoms with van der Waals surface area (Å²) in [6.45, 7) is 79.4.